The van der Waals surface area contributed by atoms with E-state index in [1.807, 2.05) is 6.07 Å². The molecule has 39 heavy (non-hydrogen) atoms. The number of amides is 3. The highest BCUT2D eigenvalue weighted by Gasteiger charge is 2.34. The number of ether oxygens (including phenoxy) is 1. The Bertz CT molecular complexity index is 1510. The highest BCUT2D eigenvalue weighted by Crippen LogP contribution is 2.34. The summed E-state index contributed by atoms with van der Waals surface area (Å²) in [4.78, 5) is 30.0. The molecule has 1 aromatic heterocycles. The number of nitrogens with one attached hydrogen (secondary N) is 2. The molecule has 0 saturated heterocycles. The number of benzene rings is 2. The van der Waals surface area contributed by atoms with Crippen molar-refractivity contribution in [3.63, 3.8) is 0 Å². The van der Waals surface area contributed by atoms with Gasteiger partial charge in [0.25, 0.3) is 10.0 Å². The zero-order valence-electron chi connectivity index (χ0n) is 21.5. The predicted octanol–water partition coefficient (Wildman–Crippen LogP) is 2.80. The number of phenols is 1. The van der Waals surface area contributed by atoms with Gasteiger partial charge in [0, 0.05) is 5.54 Å². The topological polar surface area (TPSA) is 173 Å². The van der Waals surface area contributed by atoms with Gasteiger partial charge in [-0.2, -0.15) is 8.42 Å². The summed E-state index contributed by atoms with van der Waals surface area (Å²) in [5.74, 6) is -0.331. The van der Waals surface area contributed by atoms with Crippen LogP contribution in [0.5, 0.6) is 5.75 Å². The van der Waals surface area contributed by atoms with Crippen molar-refractivity contribution in [2.24, 2.45) is 5.73 Å². The first kappa shape index (κ1) is 27.7. The zero-order valence-corrected chi connectivity index (χ0v) is 22.3. The van der Waals surface area contributed by atoms with E-state index in [4.69, 9.17) is 15.1 Å². The summed E-state index contributed by atoms with van der Waals surface area (Å²) in [7, 11) is -3.02. The second-order valence-corrected chi connectivity index (χ2v) is 11.3. The maximum absolute atomic E-state index is 13.5. The molecule has 5 N–H and O–H groups in total. The summed E-state index contributed by atoms with van der Waals surface area (Å²) < 4.78 is 39.8. The van der Waals surface area contributed by atoms with Crippen LogP contribution in [-0.2, 0) is 32.6 Å². The molecule has 203 valence electrons. The molecular formula is C25H27BN5O7S. The Kier molecular flexibility index (Phi) is 7.70. The number of carbonyl (C=O) groups excluding carboxylic acids is 2. The van der Waals surface area contributed by atoms with E-state index in [0.29, 0.717) is 11.0 Å². The van der Waals surface area contributed by atoms with Gasteiger partial charge in [-0.1, -0.05) is 30.3 Å². The third kappa shape index (κ3) is 6.41. The third-order valence-corrected chi connectivity index (χ3v) is 6.94. The van der Waals surface area contributed by atoms with Gasteiger partial charge in [-0.3, -0.25) is 14.9 Å². The van der Waals surface area contributed by atoms with Crippen molar-refractivity contribution < 1.29 is 32.5 Å². The first-order chi connectivity index (χ1) is 18.3. The molecule has 0 saturated carbocycles. The second-order valence-electron chi connectivity index (χ2n) is 9.68. The first-order valence-corrected chi connectivity index (χ1v) is 13.2. The Morgan fingerprint density at radius 1 is 1.21 bits per heavy atom. The summed E-state index contributed by atoms with van der Waals surface area (Å²) in [6, 6.07) is 12.1. The van der Waals surface area contributed by atoms with Gasteiger partial charge in [0.05, 0.1) is 29.9 Å². The summed E-state index contributed by atoms with van der Waals surface area (Å²) in [6.45, 7) is 5.18. The molecule has 2 heterocycles. The number of nitrogens with two attached hydrogens (primary N) is 1. The number of aromatic nitrogens is 1. The largest absolute Gasteiger partial charge is 0.506 e. The van der Waals surface area contributed by atoms with Crippen LogP contribution in [0.4, 0.5) is 26.7 Å². The number of pyridine rings is 1. The summed E-state index contributed by atoms with van der Waals surface area (Å²) in [5.41, 5.74) is 6.49. The summed E-state index contributed by atoms with van der Waals surface area (Å²) in [6.07, 6.45) is 0.290. The lowest BCUT2D eigenvalue weighted by Crippen LogP contribution is -2.49. The molecule has 12 nitrogen and oxygen atoms in total. The fourth-order valence-electron chi connectivity index (χ4n) is 3.94. The number of hydrogen-bond acceptors (Lipinski definition) is 8. The van der Waals surface area contributed by atoms with Crippen molar-refractivity contribution in [1.29, 1.82) is 0 Å². The molecule has 0 aliphatic carbocycles. The molecule has 3 aromatic rings. The van der Waals surface area contributed by atoms with Crippen molar-refractivity contribution in [2.45, 2.75) is 44.5 Å². The number of primary amides is 1. The van der Waals surface area contributed by atoms with Crippen molar-refractivity contribution in [1.82, 2.24) is 4.98 Å². The third-order valence-electron chi connectivity index (χ3n) is 5.63. The Labute approximate surface area is 226 Å². The van der Waals surface area contributed by atoms with Gasteiger partial charge in [0.15, 0.2) is 5.03 Å². The number of fused-ring (bicyclic) bond motifs is 1. The van der Waals surface area contributed by atoms with Crippen LogP contribution in [0.3, 0.4) is 0 Å². The zero-order chi connectivity index (χ0) is 28.4. The maximum Gasteiger partial charge on any atom is 0.412 e. The number of aromatic hydroxyl groups is 1. The molecular weight excluding hydrogens is 525 g/mol. The van der Waals surface area contributed by atoms with Crippen molar-refractivity contribution in [2.75, 3.05) is 14.9 Å². The van der Waals surface area contributed by atoms with Crippen LogP contribution < -0.4 is 26.1 Å². The van der Waals surface area contributed by atoms with E-state index in [9.17, 15) is 23.1 Å². The Balaban J connectivity index is 1.67. The second kappa shape index (κ2) is 10.8. The molecule has 2 aromatic carbocycles. The molecule has 0 fully saturated rings. The standard InChI is InChI=1S/C25H27BN5O7S/c1-25(2,3)31(23(27)33)20-10-17(29-24(34)37-13-15-7-5-4-6-8-15)12-28-22(20)39(35,36)30-19-9-16-14-38-26-18(16)11-21(19)32/h4-12,30,32H,13-14H2,1-3H3,(H2,27,33)(H,29,34). The number of rotatable bonds is 7. The van der Waals surface area contributed by atoms with Crippen molar-refractivity contribution in [3.8, 4) is 5.75 Å². The summed E-state index contributed by atoms with van der Waals surface area (Å²) in [5, 5.41) is 12.3. The number of urea groups is 1. The number of anilines is 3. The molecule has 14 heteroatoms. The first-order valence-electron chi connectivity index (χ1n) is 11.8. The van der Waals surface area contributed by atoms with Crippen LogP contribution in [-0.4, -0.2) is 43.7 Å². The molecule has 4 rings (SSSR count). The van der Waals surface area contributed by atoms with E-state index in [-0.39, 0.29) is 36.0 Å². The highest BCUT2D eigenvalue weighted by atomic mass is 32.2. The van der Waals surface area contributed by atoms with Crippen LogP contribution in [0.15, 0.2) is 59.8 Å². The van der Waals surface area contributed by atoms with Gasteiger partial charge in [0.1, 0.15) is 12.4 Å². The maximum atomic E-state index is 13.5. The minimum absolute atomic E-state index is 0.00577. The predicted molar refractivity (Wildman–Crippen MR) is 145 cm³/mol. The SMILES string of the molecule is CC(C)(C)N(C(N)=O)c1cc(NC(=O)OCc2ccccc2)cnc1S(=O)(=O)Nc1cc2c(cc1O)[B]OC2. The number of sulfonamides is 1. The Hall–Kier alpha value is -4.30. The Morgan fingerprint density at radius 3 is 2.59 bits per heavy atom. The Morgan fingerprint density at radius 2 is 1.92 bits per heavy atom. The van der Waals surface area contributed by atoms with E-state index >= 15 is 0 Å². The number of carbonyl (C=O) groups is 2. The average Bonchev–Trinajstić information content (AvgIpc) is 3.29. The fraction of sp³-hybridized carbons (Fsp3) is 0.240. The fourth-order valence-corrected chi connectivity index (χ4v) is 5.11. The number of hydrogen-bond donors (Lipinski definition) is 4. The van der Waals surface area contributed by atoms with Gasteiger partial charge < -0.3 is 20.2 Å². The molecule has 1 aliphatic heterocycles. The minimum atomic E-state index is -4.48. The van der Waals surface area contributed by atoms with Crippen LogP contribution in [0, 0.1) is 0 Å². The quantitative estimate of drug-likeness (QED) is 0.256. The van der Waals surface area contributed by atoms with Gasteiger partial charge in [-0.25, -0.2) is 14.6 Å². The molecule has 3 amide bonds. The minimum Gasteiger partial charge on any atom is -0.506 e. The van der Waals surface area contributed by atoms with E-state index in [0.717, 1.165) is 16.7 Å². The lowest BCUT2D eigenvalue weighted by molar-refractivity contribution is 0.155. The number of phenolic OH excluding ortho intramolecular Hbond substituents is 1. The van der Waals surface area contributed by atoms with E-state index in [2.05, 4.69) is 15.0 Å². The molecule has 0 atom stereocenters. The number of nitrogens with zero attached hydrogens (tertiary/aromatic N) is 2. The van der Waals surface area contributed by atoms with Crippen molar-refractivity contribution >= 4 is 52.2 Å². The lowest BCUT2D eigenvalue weighted by atomic mass is 9.87. The van der Waals surface area contributed by atoms with Gasteiger partial charge >= 0.3 is 19.6 Å². The molecule has 1 aliphatic rings. The van der Waals surface area contributed by atoms with Crippen LogP contribution in [0.25, 0.3) is 0 Å². The van der Waals surface area contributed by atoms with Crippen LogP contribution in [0.2, 0.25) is 0 Å². The van der Waals surface area contributed by atoms with Gasteiger partial charge in [0.2, 0.25) is 0 Å². The van der Waals surface area contributed by atoms with Crippen molar-refractivity contribution in [3.05, 3.63) is 65.9 Å². The van der Waals surface area contributed by atoms with Crippen LogP contribution in [0.1, 0.15) is 31.9 Å². The van der Waals surface area contributed by atoms with Gasteiger partial charge in [-0.05, 0) is 55.6 Å². The monoisotopic (exact) mass is 552 g/mol. The van der Waals surface area contributed by atoms with E-state index < -0.39 is 32.7 Å². The molecule has 0 spiro atoms. The lowest BCUT2D eigenvalue weighted by Gasteiger charge is -2.35. The smallest absolute Gasteiger partial charge is 0.412 e. The van der Waals surface area contributed by atoms with Crippen LogP contribution >= 0.6 is 0 Å². The average molecular weight is 552 g/mol. The molecule has 1 radical (unpaired) electrons. The van der Waals surface area contributed by atoms with E-state index in [1.165, 1.54) is 25.7 Å². The van der Waals surface area contributed by atoms with E-state index in [1.54, 1.807) is 45.0 Å². The highest BCUT2D eigenvalue weighted by molar-refractivity contribution is 7.92. The van der Waals surface area contributed by atoms with Gasteiger partial charge in [-0.15, -0.1) is 0 Å². The normalized spacial score (nSPS) is 12.7. The molecule has 0 bridgehead atoms. The molecule has 0 unspecified atom stereocenters. The summed E-state index contributed by atoms with van der Waals surface area (Å²) >= 11 is 0.